The van der Waals surface area contributed by atoms with Gasteiger partial charge in [0.15, 0.2) is 0 Å². The summed E-state index contributed by atoms with van der Waals surface area (Å²) in [5.74, 6) is 0.135. The molecule has 0 aliphatic heterocycles. The number of carbonyl (C=O) groups is 1. The number of aliphatic hydroxyl groups excluding tert-OH is 1. The molecule has 0 aromatic heterocycles. The van der Waals surface area contributed by atoms with E-state index < -0.39 is 12.1 Å². The zero-order chi connectivity index (χ0) is 9.56. The molecule has 0 aliphatic rings. The zero-order valence-electron chi connectivity index (χ0n) is 7.74. The van der Waals surface area contributed by atoms with Gasteiger partial charge in [-0.15, -0.1) is 0 Å². The van der Waals surface area contributed by atoms with Crippen molar-refractivity contribution in [3.05, 3.63) is 0 Å². The van der Waals surface area contributed by atoms with Crippen molar-refractivity contribution in [3.63, 3.8) is 0 Å². The van der Waals surface area contributed by atoms with E-state index in [4.69, 9.17) is 0 Å². The third kappa shape index (κ3) is 5.58. The Morgan fingerprint density at radius 3 is 2.50 bits per heavy atom. The van der Waals surface area contributed by atoms with Gasteiger partial charge in [-0.25, -0.2) is 0 Å². The number of aliphatic hydroxyl groups is 1. The first-order valence-electron chi connectivity index (χ1n) is 3.91. The predicted octanol–water partition coefficient (Wildman–Crippen LogP) is 0.717. The number of rotatable bonds is 5. The van der Waals surface area contributed by atoms with Gasteiger partial charge >= 0.3 is 79.2 Å². The Hall–Kier alpha value is -0.0505. The quantitative estimate of drug-likeness (QED) is 0.568. The Balaban J connectivity index is 3.43. The van der Waals surface area contributed by atoms with Crippen LogP contribution in [-0.4, -0.2) is 39.2 Å². The summed E-state index contributed by atoms with van der Waals surface area (Å²) >= 11 is 0.349. The third-order valence-electron chi connectivity index (χ3n) is 1.20. The molecule has 0 aromatic carbocycles. The van der Waals surface area contributed by atoms with Gasteiger partial charge < -0.3 is 0 Å². The van der Waals surface area contributed by atoms with Crippen molar-refractivity contribution < 1.29 is 14.6 Å². The number of ether oxygens (including phenoxy) is 1. The van der Waals surface area contributed by atoms with Gasteiger partial charge in [0.2, 0.25) is 0 Å². The van der Waals surface area contributed by atoms with Crippen molar-refractivity contribution in [2.24, 2.45) is 5.92 Å². The molecule has 1 atom stereocenters. The summed E-state index contributed by atoms with van der Waals surface area (Å²) in [7, 11) is 1.29. The molecule has 0 saturated carbocycles. The van der Waals surface area contributed by atoms with Crippen LogP contribution < -0.4 is 0 Å². The van der Waals surface area contributed by atoms with Crippen LogP contribution >= 0.6 is 0 Å². The van der Waals surface area contributed by atoms with Gasteiger partial charge in [0, 0.05) is 0 Å². The number of hydrogen-bond acceptors (Lipinski definition) is 3. The minimum atomic E-state index is -0.909. The van der Waals surface area contributed by atoms with Crippen molar-refractivity contribution in [2.75, 3.05) is 7.11 Å². The van der Waals surface area contributed by atoms with Crippen LogP contribution in [-0.2, 0) is 9.53 Å². The van der Waals surface area contributed by atoms with E-state index in [1.165, 1.54) is 7.11 Å². The monoisotopic (exact) mass is 240 g/mol. The summed E-state index contributed by atoms with van der Waals surface area (Å²) in [5, 5.41) is 10.8. The fourth-order valence-corrected chi connectivity index (χ4v) is 2.65. The Morgan fingerprint density at radius 1 is 1.50 bits per heavy atom. The van der Waals surface area contributed by atoms with Crippen LogP contribution in [0, 0.1) is 5.92 Å². The molecule has 3 nitrogen and oxygen atoms in total. The van der Waals surface area contributed by atoms with E-state index in [2.05, 4.69) is 18.6 Å². The topological polar surface area (TPSA) is 46.5 Å². The van der Waals surface area contributed by atoms with Crippen LogP contribution in [0.1, 0.15) is 13.8 Å². The van der Waals surface area contributed by atoms with Crippen LogP contribution in [0.2, 0.25) is 10.6 Å². The van der Waals surface area contributed by atoms with Gasteiger partial charge in [0.05, 0.1) is 0 Å². The Bertz CT molecular complexity index is 136. The van der Waals surface area contributed by atoms with Crippen molar-refractivity contribution in [3.8, 4) is 0 Å². The summed E-state index contributed by atoms with van der Waals surface area (Å²) < 4.78 is 4.39. The average Bonchev–Trinajstić information content (AvgIpc) is 2.02. The minimum absolute atomic E-state index is 0.349. The molecule has 12 heavy (non-hydrogen) atoms. The van der Waals surface area contributed by atoms with Gasteiger partial charge in [-0.05, 0) is 0 Å². The van der Waals surface area contributed by atoms with E-state index in [1.54, 1.807) is 0 Å². The van der Waals surface area contributed by atoms with Gasteiger partial charge in [-0.2, -0.15) is 0 Å². The third-order valence-corrected chi connectivity index (χ3v) is 4.25. The van der Waals surface area contributed by atoms with Crippen LogP contribution in [0.4, 0.5) is 0 Å². The summed E-state index contributed by atoms with van der Waals surface area (Å²) in [6, 6.07) is 0. The fraction of sp³-hybridized carbons (Fsp3) is 0.875. The summed E-state index contributed by atoms with van der Waals surface area (Å²) in [6.07, 6.45) is -0.909. The Morgan fingerprint density at radius 2 is 2.08 bits per heavy atom. The van der Waals surface area contributed by atoms with Crippen LogP contribution in [0.5, 0.6) is 0 Å². The van der Waals surface area contributed by atoms with E-state index in [0.29, 0.717) is 26.2 Å². The van der Waals surface area contributed by atoms with Crippen molar-refractivity contribution in [1.82, 2.24) is 0 Å². The first kappa shape index (κ1) is 11.9. The van der Waals surface area contributed by atoms with Crippen LogP contribution in [0.15, 0.2) is 0 Å². The SMILES string of the molecule is COC(=O)C(O)C[Se]CC(C)C. The summed E-state index contributed by atoms with van der Waals surface area (Å²) in [6.45, 7) is 4.26. The number of esters is 1. The van der Waals surface area contributed by atoms with E-state index >= 15 is 0 Å². The second-order valence-corrected chi connectivity index (χ2v) is 5.23. The standard InChI is InChI=1S/C8H16O3Se/c1-6(2)4-12-5-7(9)8(10)11-3/h6-7,9H,4-5H2,1-3H3. The zero-order valence-corrected chi connectivity index (χ0v) is 9.45. The van der Waals surface area contributed by atoms with Gasteiger partial charge in [-0.1, -0.05) is 0 Å². The Labute approximate surface area is 79.6 Å². The first-order valence-corrected chi connectivity index (χ1v) is 6.33. The molecule has 0 aliphatic carbocycles. The maximum absolute atomic E-state index is 10.7. The molecule has 0 radical (unpaired) electrons. The van der Waals surface area contributed by atoms with Gasteiger partial charge in [0.1, 0.15) is 0 Å². The van der Waals surface area contributed by atoms with Crippen LogP contribution in [0.25, 0.3) is 0 Å². The molecular weight excluding hydrogens is 223 g/mol. The normalized spacial score (nSPS) is 13.1. The Kier molecular flexibility index (Phi) is 6.44. The summed E-state index contributed by atoms with van der Waals surface area (Å²) in [4.78, 5) is 10.7. The van der Waals surface area contributed by atoms with Crippen LogP contribution in [0.3, 0.4) is 0 Å². The van der Waals surface area contributed by atoms with Gasteiger partial charge in [-0.3, -0.25) is 0 Å². The second kappa shape index (κ2) is 6.46. The molecule has 0 fully saturated rings. The maximum atomic E-state index is 10.7. The molecule has 1 N–H and O–H groups in total. The molecule has 4 heteroatoms. The van der Waals surface area contributed by atoms with Crippen molar-refractivity contribution >= 4 is 20.9 Å². The molecule has 0 heterocycles. The predicted molar refractivity (Wildman–Crippen MR) is 48.2 cm³/mol. The van der Waals surface area contributed by atoms with Crippen molar-refractivity contribution in [2.45, 2.75) is 30.6 Å². The summed E-state index contributed by atoms with van der Waals surface area (Å²) in [5.41, 5.74) is 0. The van der Waals surface area contributed by atoms with E-state index in [9.17, 15) is 9.90 Å². The van der Waals surface area contributed by atoms with E-state index in [1.807, 2.05) is 0 Å². The number of hydrogen-bond donors (Lipinski definition) is 1. The molecule has 0 aromatic rings. The second-order valence-electron chi connectivity index (χ2n) is 2.97. The molecule has 1 unspecified atom stereocenters. The molecule has 0 saturated heterocycles. The number of methoxy groups -OCH3 is 1. The molecule has 72 valence electrons. The molecule has 0 amide bonds. The molecular formula is C8H16O3Se. The van der Waals surface area contributed by atoms with E-state index in [0.717, 1.165) is 5.32 Å². The van der Waals surface area contributed by atoms with Gasteiger partial charge in [0.25, 0.3) is 0 Å². The number of carbonyl (C=O) groups excluding carboxylic acids is 1. The first-order chi connectivity index (χ1) is 5.57. The molecule has 0 bridgehead atoms. The van der Waals surface area contributed by atoms with E-state index in [-0.39, 0.29) is 0 Å². The molecule has 0 spiro atoms. The molecule has 0 rings (SSSR count). The average molecular weight is 239 g/mol. The van der Waals surface area contributed by atoms with Crippen molar-refractivity contribution in [1.29, 1.82) is 0 Å². The fourth-order valence-electron chi connectivity index (χ4n) is 0.619.